The number of ether oxygens (including phenoxy) is 1. The molecule has 0 unspecified atom stereocenters. The number of sulfonamides is 1. The first-order valence-corrected chi connectivity index (χ1v) is 17.2. The Morgan fingerprint density at radius 1 is 0.932 bits per heavy atom. The number of carbonyl (C=O) groups excluding carboxylic acids is 2. The summed E-state index contributed by atoms with van der Waals surface area (Å²) in [5.74, 6) is -0.493. The Morgan fingerprint density at radius 3 is 2.27 bits per heavy atom. The number of hydrogen-bond acceptors (Lipinski definition) is 5. The molecule has 0 aromatic heterocycles. The molecule has 0 heterocycles. The zero-order chi connectivity index (χ0) is 31.7. The van der Waals surface area contributed by atoms with Crippen molar-refractivity contribution in [2.75, 3.05) is 17.5 Å². The fraction of sp³-hybridized carbons (Fsp3) is 0.394. The van der Waals surface area contributed by atoms with Crippen molar-refractivity contribution in [3.05, 3.63) is 88.4 Å². The zero-order valence-corrected chi connectivity index (χ0v) is 27.4. The van der Waals surface area contributed by atoms with E-state index in [2.05, 4.69) is 5.32 Å². The predicted molar refractivity (Wildman–Crippen MR) is 175 cm³/mol. The van der Waals surface area contributed by atoms with Crippen LogP contribution in [0.4, 0.5) is 5.69 Å². The van der Waals surface area contributed by atoms with E-state index in [1.165, 1.54) is 17.0 Å². The van der Waals surface area contributed by atoms with E-state index in [0.29, 0.717) is 34.4 Å². The summed E-state index contributed by atoms with van der Waals surface area (Å²) in [6.07, 6.45) is 5.33. The molecule has 1 atom stereocenters. The number of nitrogens with zero attached hydrogens (tertiary/aromatic N) is 2. The average Bonchev–Trinajstić information content (AvgIpc) is 3.03. The second kappa shape index (κ2) is 15.6. The van der Waals surface area contributed by atoms with Gasteiger partial charge in [-0.25, -0.2) is 8.42 Å². The van der Waals surface area contributed by atoms with Gasteiger partial charge >= 0.3 is 0 Å². The van der Waals surface area contributed by atoms with Crippen LogP contribution in [-0.2, 0) is 26.2 Å². The van der Waals surface area contributed by atoms with Crippen LogP contribution in [-0.4, -0.2) is 50.4 Å². The van der Waals surface area contributed by atoms with Gasteiger partial charge in [0.15, 0.2) is 0 Å². The van der Waals surface area contributed by atoms with Crippen molar-refractivity contribution >= 4 is 50.7 Å². The predicted octanol–water partition coefficient (Wildman–Crippen LogP) is 6.84. The second-order valence-corrected chi connectivity index (χ2v) is 13.4. The molecule has 3 aromatic carbocycles. The Labute approximate surface area is 270 Å². The molecular formula is C33H39Cl2N3O5S. The Hall–Kier alpha value is -3.27. The minimum absolute atomic E-state index is 0.0252. The first-order valence-electron chi connectivity index (χ1n) is 15.0. The van der Waals surface area contributed by atoms with E-state index in [1.807, 2.05) is 6.92 Å². The van der Waals surface area contributed by atoms with Gasteiger partial charge in [-0.1, -0.05) is 85.8 Å². The lowest BCUT2D eigenvalue weighted by Crippen LogP contribution is -2.54. The van der Waals surface area contributed by atoms with E-state index in [9.17, 15) is 18.0 Å². The van der Waals surface area contributed by atoms with Gasteiger partial charge in [0.25, 0.3) is 10.0 Å². The summed E-state index contributed by atoms with van der Waals surface area (Å²) < 4.78 is 35.1. The van der Waals surface area contributed by atoms with Crippen molar-refractivity contribution in [2.45, 2.75) is 75.9 Å². The highest BCUT2D eigenvalue weighted by molar-refractivity contribution is 7.92. The van der Waals surface area contributed by atoms with Gasteiger partial charge in [0.1, 0.15) is 18.3 Å². The number of para-hydroxylation sites is 2. The topological polar surface area (TPSA) is 96.0 Å². The molecule has 1 saturated carbocycles. The third-order valence-electron chi connectivity index (χ3n) is 7.72. The molecule has 4 rings (SSSR count). The van der Waals surface area contributed by atoms with Crippen molar-refractivity contribution in [3.8, 4) is 5.75 Å². The maximum absolute atomic E-state index is 14.4. The van der Waals surface area contributed by atoms with Crippen molar-refractivity contribution in [1.29, 1.82) is 0 Å². The van der Waals surface area contributed by atoms with Crippen LogP contribution < -0.4 is 14.4 Å². The van der Waals surface area contributed by atoms with E-state index < -0.39 is 28.5 Å². The van der Waals surface area contributed by atoms with Crippen LogP contribution in [0.5, 0.6) is 5.75 Å². The summed E-state index contributed by atoms with van der Waals surface area (Å²) in [6, 6.07) is 18.9. The molecule has 1 aliphatic rings. The molecular weight excluding hydrogens is 621 g/mol. The normalized spacial score (nSPS) is 14.5. The number of anilines is 1. The summed E-state index contributed by atoms with van der Waals surface area (Å²) in [7, 11) is -4.22. The van der Waals surface area contributed by atoms with Crippen LogP contribution in [0.15, 0.2) is 77.7 Å². The van der Waals surface area contributed by atoms with Crippen molar-refractivity contribution in [1.82, 2.24) is 10.2 Å². The van der Waals surface area contributed by atoms with Crippen LogP contribution in [0, 0.1) is 0 Å². The Kier molecular flexibility index (Phi) is 11.9. The van der Waals surface area contributed by atoms with Crippen molar-refractivity contribution in [2.24, 2.45) is 0 Å². The van der Waals surface area contributed by atoms with E-state index in [4.69, 9.17) is 27.9 Å². The third-order valence-corrected chi connectivity index (χ3v) is 10.2. The van der Waals surface area contributed by atoms with Gasteiger partial charge in [0, 0.05) is 12.6 Å². The van der Waals surface area contributed by atoms with Crippen LogP contribution in [0.2, 0.25) is 10.0 Å². The minimum atomic E-state index is -4.22. The Morgan fingerprint density at radius 2 is 1.61 bits per heavy atom. The second-order valence-electron chi connectivity index (χ2n) is 10.8. The number of nitrogens with one attached hydrogen (secondary N) is 1. The molecule has 11 heteroatoms. The first kappa shape index (κ1) is 33.6. The maximum atomic E-state index is 14.4. The minimum Gasteiger partial charge on any atom is -0.492 e. The molecule has 236 valence electrons. The van der Waals surface area contributed by atoms with Crippen LogP contribution >= 0.6 is 23.2 Å². The lowest BCUT2D eigenvalue weighted by atomic mass is 9.95. The lowest BCUT2D eigenvalue weighted by molar-refractivity contribution is -0.140. The molecule has 0 spiro atoms. The molecule has 3 aromatic rings. The highest BCUT2D eigenvalue weighted by atomic mass is 35.5. The van der Waals surface area contributed by atoms with Gasteiger partial charge in [-0.3, -0.25) is 13.9 Å². The number of benzene rings is 3. The van der Waals surface area contributed by atoms with Gasteiger partial charge in [0.05, 0.1) is 27.2 Å². The molecule has 0 radical (unpaired) electrons. The molecule has 0 bridgehead atoms. The Bertz CT molecular complexity index is 1530. The fourth-order valence-electron chi connectivity index (χ4n) is 5.47. The van der Waals surface area contributed by atoms with Gasteiger partial charge in [-0.2, -0.15) is 0 Å². The molecule has 1 fully saturated rings. The molecule has 1 aliphatic carbocycles. The largest absolute Gasteiger partial charge is 0.492 e. The van der Waals surface area contributed by atoms with E-state index >= 15 is 0 Å². The average molecular weight is 661 g/mol. The molecule has 0 saturated heterocycles. The molecule has 44 heavy (non-hydrogen) atoms. The maximum Gasteiger partial charge on any atom is 0.264 e. The smallest absolute Gasteiger partial charge is 0.264 e. The highest BCUT2D eigenvalue weighted by Gasteiger charge is 2.35. The zero-order valence-electron chi connectivity index (χ0n) is 25.0. The Balaban J connectivity index is 1.75. The highest BCUT2D eigenvalue weighted by Crippen LogP contribution is 2.33. The number of carbonyl (C=O) groups is 2. The first-order chi connectivity index (χ1) is 21.1. The molecule has 2 amide bonds. The standard InChI is InChI=1S/C33H39Cl2N3O5S/c1-3-29(33(40)36-25-13-7-5-8-14-25)37(22-24-19-20-27(34)28(35)21-24)32(39)23-38(30-17-11-12-18-31(30)43-4-2)44(41,42)26-15-9-6-10-16-26/h6,9-12,15-21,25,29H,3-5,7-8,13-14,22-23H2,1-2H3,(H,36,40)/t29-/m1/s1. The monoisotopic (exact) mass is 659 g/mol. The van der Waals surface area contributed by atoms with E-state index in [-0.39, 0.29) is 29.1 Å². The summed E-state index contributed by atoms with van der Waals surface area (Å²) in [6.45, 7) is 3.40. The van der Waals surface area contributed by atoms with Crippen LogP contribution in [0.3, 0.4) is 0 Å². The quantitative estimate of drug-likeness (QED) is 0.217. The van der Waals surface area contributed by atoms with Crippen molar-refractivity contribution < 1.29 is 22.7 Å². The number of rotatable bonds is 13. The molecule has 0 aliphatic heterocycles. The van der Waals surface area contributed by atoms with Crippen LogP contribution in [0.1, 0.15) is 57.9 Å². The number of hydrogen-bond donors (Lipinski definition) is 1. The van der Waals surface area contributed by atoms with Gasteiger partial charge < -0.3 is 15.0 Å². The van der Waals surface area contributed by atoms with E-state index in [0.717, 1.165) is 36.4 Å². The SMILES string of the molecule is CCOc1ccccc1N(CC(=O)N(Cc1ccc(Cl)c(Cl)c1)[C@H](CC)C(=O)NC1CCCCC1)S(=O)(=O)c1ccccc1. The van der Waals surface area contributed by atoms with E-state index in [1.54, 1.807) is 67.6 Å². The van der Waals surface area contributed by atoms with Gasteiger partial charge in [-0.05, 0) is 68.1 Å². The lowest BCUT2D eigenvalue weighted by Gasteiger charge is -2.34. The summed E-state index contributed by atoms with van der Waals surface area (Å²) in [5, 5.41) is 3.83. The number of halogens is 2. The molecule has 1 N–H and O–H groups in total. The summed E-state index contributed by atoms with van der Waals surface area (Å²) in [4.78, 5) is 29.5. The number of amides is 2. The molecule has 8 nitrogen and oxygen atoms in total. The fourth-order valence-corrected chi connectivity index (χ4v) is 7.24. The van der Waals surface area contributed by atoms with Crippen molar-refractivity contribution in [3.63, 3.8) is 0 Å². The summed E-state index contributed by atoms with van der Waals surface area (Å²) >= 11 is 12.5. The van der Waals surface area contributed by atoms with Gasteiger partial charge in [0.2, 0.25) is 11.8 Å². The van der Waals surface area contributed by atoms with Crippen LogP contribution in [0.25, 0.3) is 0 Å². The summed E-state index contributed by atoms with van der Waals surface area (Å²) in [5.41, 5.74) is 0.879. The van der Waals surface area contributed by atoms with Gasteiger partial charge in [-0.15, -0.1) is 0 Å². The third kappa shape index (κ3) is 8.25.